The molecular formula is C78H53N3Si. The van der Waals surface area contributed by atoms with Crippen molar-refractivity contribution in [2.45, 2.75) is 0 Å². The van der Waals surface area contributed by atoms with Gasteiger partial charge in [-0.1, -0.05) is 249 Å². The van der Waals surface area contributed by atoms with Gasteiger partial charge < -0.3 is 13.7 Å². The molecule has 4 heteroatoms. The molecule has 0 spiro atoms. The number of hydrogen-bond donors (Lipinski definition) is 0. The van der Waals surface area contributed by atoms with Crippen LogP contribution in [0.4, 0.5) is 0 Å². The Balaban J connectivity index is 0.946. The van der Waals surface area contributed by atoms with E-state index in [1.165, 1.54) is 86.4 Å². The van der Waals surface area contributed by atoms with E-state index in [2.05, 4.69) is 335 Å². The van der Waals surface area contributed by atoms with Crippen molar-refractivity contribution in [1.82, 2.24) is 13.7 Å². The monoisotopic (exact) mass is 1060 g/mol. The van der Waals surface area contributed by atoms with Gasteiger partial charge in [0.2, 0.25) is 0 Å². The molecule has 0 fully saturated rings. The molecule has 16 aromatic rings. The molecule has 0 bridgehead atoms. The summed E-state index contributed by atoms with van der Waals surface area (Å²) in [6.07, 6.45) is 0. The summed E-state index contributed by atoms with van der Waals surface area (Å²) in [5.41, 5.74) is 17.4. The fourth-order valence-corrected chi connectivity index (χ4v) is 18.4. The van der Waals surface area contributed by atoms with Crippen LogP contribution in [0, 0.1) is 0 Å². The van der Waals surface area contributed by atoms with Gasteiger partial charge in [-0.25, -0.2) is 0 Å². The van der Waals surface area contributed by atoms with Gasteiger partial charge in [-0.2, -0.15) is 0 Å². The Morgan fingerprint density at radius 1 is 0.183 bits per heavy atom. The zero-order valence-electron chi connectivity index (χ0n) is 44.9. The number of fused-ring (bicyclic) bond motifs is 9. The summed E-state index contributed by atoms with van der Waals surface area (Å²) in [4.78, 5) is 0. The number of hydrogen-bond acceptors (Lipinski definition) is 0. The van der Waals surface area contributed by atoms with E-state index >= 15 is 0 Å². The third-order valence-corrected chi connectivity index (χ3v) is 21.9. The normalized spacial score (nSPS) is 11.9. The molecule has 0 aliphatic carbocycles. The second-order valence-electron chi connectivity index (χ2n) is 21.6. The zero-order valence-corrected chi connectivity index (χ0v) is 45.9. The molecule has 3 heterocycles. The number of nitrogens with zero attached hydrogens (tertiary/aromatic N) is 3. The molecule has 16 rings (SSSR count). The minimum Gasteiger partial charge on any atom is -0.309 e. The summed E-state index contributed by atoms with van der Waals surface area (Å²) in [7, 11) is -2.84. The molecule has 0 unspecified atom stereocenters. The molecule has 3 aromatic heterocycles. The Morgan fingerprint density at radius 3 is 1.06 bits per heavy atom. The van der Waals surface area contributed by atoms with Crippen LogP contribution in [0.5, 0.6) is 0 Å². The van der Waals surface area contributed by atoms with Crippen LogP contribution in [0.3, 0.4) is 0 Å². The van der Waals surface area contributed by atoms with Crippen molar-refractivity contribution in [2.75, 3.05) is 0 Å². The van der Waals surface area contributed by atoms with E-state index < -0.39 is 8.07 Å². The molecule has 3 nitrogen and oxygen atoms in total. The summed E-state index contributed by atoms with van der Waals surface area (Å²) >= 11 is 0. The lowest BCUT2D eigenvalue weighted by molar-refractivity contribution is 1.13. The number of rotatable bonds is 10. The molecule has 82 heavy (non-hydrogen) atoms. The van der Waals surface area contributed by atoms with Crippen LogP contribution in [-0.4, -0.2) is 21.8 Å². The second kappa shape index (κ2) is 19.4. The number of benzene rings is 13. The Labute approximate surface area is 477 Å². The highest BCUT2D eigenvalue weighted by molar-refractivity contribution is 7.19. The van der Waals surface area contributed by atoms with Crippen LogP contribution < -0.4 is 20.7 Å². The maximum atomic E-state index is 2.50. The highest BCUT2D eigenvalue weighted by Crippen LogP contribution is 2.42. The first-order valence-corrected chi connectivity index (χ1v) is 30.3. The SMILES string of the molecule is c1ccc(-c2ccc3c(c2)c2ccccc2n3-c2cc(-c3ccccc3-c3cccc([Si](c4ccccc4)(c4ccccc4)c4ccccc4)c3)cc(-n3c4ccccc4c4cc(-n5c6ccccc6c6ccccc65)ccc43)c2)cc1. The topological polar surface area (TPSA) is 14.8 Å². The Bertz CT molecular complexity index is 4940. The first-order chi connectivity index (χ1) is 40.7. The van der Waals surface area contributed by atoms with Gasteiger partial charge in [0, 0.05) is 49.4 Å². The predicted octanol–water partition coefficient (Wildman–Crippen LogP) is 17.4. The molecule has 0 amide bonds. The van der Waals surface area contributed by atoms with Crippen LogP contribution in [0.1, 0.15) is 0 Å². The minimum atomic E-state index is -2.84. The standard InChI is InChI=1S/C78H53N3Si/c1-5-24-54(25-6-1)55-44-46-77-71(51-55)69-38-17-21-42-75(69)80(77)59-48-57(49-60(52-59)81-76-43-22-18-39-70(76)72-53-58(45-47-78(72)81)79-73-40-19-15-36-67(73)68-37-16-20-41-74(68)79)66-35-14-13-34-65(66)56-26-23-33-64(50-56)82(61-27-7-2-8-28-61,62-29-9-3-10-30-62)63-31-11-4-12-32-63/h1-53H. The van der Waals surface area contributed by atoms with Gasteiger partial charge in [-0.3, -0.25) is 0 Å². The molecule has 0 saturated heterocycles. The van der Waals surface area contributed by atoms with Crippen molar-refractivity contribution in [3.8, 4) is 50.4 Å². The van der Waals surface area contributed by atoms with Crippen molar-refractivity contribution in [1.29, 1.82) is 0 Å². The van der Waals surface area contributed by atoms with Gasteiger partial charge in [0.1, 0.15) is 0 Å². The first-order valence-electron chi connectivity index (χ1n) is 28.3. The molecule has 13 aromatic carbocycles. The molecule has 0 aliphatic rings. The Morgan fingerprint density at radius 2 is 0.549 bits per heavy atom. The first kappa shape index (κ1) is 47.5. The van der Waals surface area contributed by atoms with Crippen molar-refractivity contribution in [3.05, 3.63) is 322 Å². The summed E-state index contributed by atoms with van der Waals surface area (Å²) in [6.45, 7) is 0. The van der Waals surface area contributed by atoms with Crippen molar-refractivity contribution in [2.24, 2.45) is 0 Å². The summed E-state index contributed by atoms with van der Waals surface area (Å²) < 4.78 is 7.42. The molecule has 0 atom stereocenters. The highest BCUT2D eigenvalue weighted by atomic mass is 28.3. The highest BCUT2D eigenvalue weighted by Gasteiger charge is 2.41. The van der Waals surface area contributed by atoms with Crippen LogP contribution in [0.25, 0.3) is 116 Å². The lowest BCUT2D eigenvalue weighted by atomic mass is 9.94. The van der Waals surface area contributed by atoms with E-state index in [1.807, 2.05) is 0 Å². The summed E-state index contributed by atoms with van der Waals surface area (Å²) in [6, 6.07) is 120. The van der Waals surface area contributed by atoms with Gasteiger partial charge in [-0.15, -0.1) is 0 Å². The molecule has 0 saturated carbocycles. The van der Waals surface area contributed by atoms with Crippen LogP contribution in [-0.2, 0) is 0 Å². The average Bonchev–Trinajstić information content (AvgIpc) is 4.37. The van der Waals surface area contributed by atoms with E-state index in [4.69, 9.17) is 0 Å². The maximum absolute atomic E-state index is 2.84. The quantitative estimate of drug-likeness (QED) is 0.0958. The second-order valence-corrected chi connectivity index (χ2v) is 25.4. The Kier molecular flexibility index (Phi) is 11.2. The molecule has 384 valence electrons. The maximum Gasteiger partial charge on any atom is 0.179 e. The molecule has 0 aliphatic heterocycles. The van der Waals surface area contributed by atoms with E-state index in [-0.39, 0.29) is 0 Å². The summed E-state index contributed by atoms with van der Waals surface area (Å²) in [5, 5.41) is 12.7. The number of aromatic nitrogens is 3. The van der Waals surface area contributed by atoms with Crippen LogP contribution in [0.2, 0.25) is 0 Å². The van der Waals surface area contributed by atoms with Crippen molar-refractivity contribution in [3.63, 3.8) is 0 Å². The van der Waals surface area contributed by atoms with Gasteiger partial charge in [0.25, 0.3) is 0 Å². The van der Waals surface area contributed by atoms with E-state index in [0.29, 0.717) is 0 Å². The van der Waals surface area contributed by atoms with E-state index in [0.717, 1.165) is 50.3 Å². The molecule has 0 radical (unpaired) electrons. The minimum absolute atomic E-state index is 1.09. The Hall–Kier alpha value is -10.5. The van der Waals surface area contributed by atoms with Crippen molar-refractivity contribution >= 4 is 94.2 Å². The largest absolute Gasteiger partial charge is 0.309 e. The summed E-state index contributed by atoms with van der Waals surface area (Å²) in [5.74, 6) is 0. The lowest BCUT2D eigenvalue weighted by Gasteiger charge is -2.34. The van der Waals surface area contributed by atoms with Crippen molar-refractivity contribution < 1.29 is 0 Å². The smallest absolute Gasteiger partial charge is 0.179 e. The zero-order chi connectivity index (χ0) is 54.1. The van der Waals surface area contributed by atoms with Crippen LogP contribution >= 0.6 is 0 Å². The number of para-hydroxylation sites is 4. The fraction of sp³-hybridized carbons (Fsp3) is 0. The molecular weight excluding hydrogens is 1010 g/mol. The van der Waals surface area contributed by atoms with E-state index in [1.54, 1.807) is 0 Å². The lowest BCUT2D eigenvalue weighted by Crippen LogP contribution is -2.74. The molecule has 0 N–H and O–H groups in total. The fourth-order valence-electron chi connectivity index (χ4n) is 13.6. The van der Waals surface area contributed by atoms with Gasteiger partial charge in [-0.05, 0) is 127 Å². The third kappa shape index (κ3) is 7.50. The van der Waals surface area contributed by atoms with E-state index in [9.17, 15) is 0 Å². The van der Waals surface area contributed by atoms with Gasteiger partial charge >= 0.3 is 0 Å². The predicted molar refractivity (Wildman–Crippen MR) is 349 cm³/mol. The van der Waals surface area contributed by atoms with Gasteiger partial charge in [0.15, 0.2) is 8.07 Å². The average molecular weight is 1060 g/mol. The van der Waals surface area contributed by atoms with Gasteiger partial charge in [0.05, 0.1) is 33.1 Å². The van der Waals surface area contributed by atoms with Crippen LogP contribution in [0.15, 0.2) is 322 Å². The third-order valence-electron chi connectivity index (χ3n) is 17.2.